The number of ether oxygens (including phenoxy) is 1. The maximum Gasteiger partial charge on any atom is 0.165 e. The van der Waals surface area contributed by atoms with Crippen LogP contribution in [0.2, 0.25) is 0 Å². The molecule has 1 aliphatic heterocycles. The fourth-order valence-electron chi connectivity index (χ4n) is 2.68. The first kappa shape index (κ1) is 12.7. The molecule has 2 atom stereocenters. The van der Waals surface area contributed by atoms with E-state index in [1.54, 1.807) is 18.9 Å². The number of allylic oxidation sites excluding steroid dienone is 2. The fourth-order valence-corrected chi connectivity index (χ4v) is 4.16. The monoisotopic (exact) mass is 272 g/mol. The molecule has 2 aliphatic rings. The first-order valence-electron chi connectivity index (χ1n) is 6.43. The maximum atomic E-state index is 12.3. The molecule has 2 nitrogen and oxygen atoms in total. The van der Waals surface area contributed by atoms with Gasteiger partial charge in [-0.1, -0.05) is 42.5 Å². The predicted molar refractivity (Wildman–Crippen MR) is 77.7 cm³/mol. The standard InChI is InChI=1S/C16H16O2S/c1-18-16(9-5-2-6-10-16)15-11-13(17)12-7-3-4-8-14(12)19-15/h2-9,15H,10-11H2,1H3. The Bertz CT molecular complexity index is 562. The van der Waals surface area contributed by atoms with Crippen LogP contribution < -0.4 is 0 Å². The van der Waals surface area contributed by atoms with Gasteiger partial charge in [-0.05, 0) is 12.5 Å². The summed E-state index contributed by atoms with van der Waals surface area (Å²) in [5.41, 5.74) is 0.494. The Kier molecular flexibility index (Phi) is 3.33. The van der Waals surface area contributed by atoms with Gasteiger partial charge in [0.25, 0.3) is 0 Å². The number of ketones is 1. The van der Waals surface area contributed by atoms with Crippen LogP contribution in [0.1, 0.15) is 23.2 Å². The fraction of sp³-hybridized carbons (Fsp3) is 0.312. The quantitative estimate of drug-likeness (QED) is 0.822. The molecule has 0 N–H and O–H groups in total. The Hall–Kier alpha value is -1.32. The molecule has 0 saturated carbocycles. The van der Waals surface area contributed by atoms with Crippen molar-refractivity contribution in [1.82, 2.24) is 0 Å². The molecule has 3 heteroatoms. The third-order valence-corrected chi connectivity index (χ3v) is 5.28. The zero-order valence-corrected chi connectivity index (χ0v) is 11.7. The van der Waals surface area contributed by atoms with E-state index in [-0.39, 0.29) is 16.6 Å². The van der Waals surface area contributed by atoms with Crippen LogP contribution in [0.5, 0.6) is 0 Å². The number of benzene rings is 1. The van der Waals surface area contributed by atoms with Gasteiger partial charge in [-0.15, -0.1) is 11.8 Å². The Morgan fingerprint density at radius 2 is 2.16 bits per heavy atom. The molecule has 1 aromatic rings. The summed E-state index contributed by atoms with van der Waals surface area (Å²) in [4.78, 5) is 13.4. The van der Waals surface area contributed by atoms with Crippen LogP contribution in [-0.4, -0.2) is 23.7 Å². The van der Waals surface area contributed by atoms with Crippen molar-refractivity contribution in [2.45, 2.75) is 28.6 Å². The van der Waals surface area contributed by atoms with Gasteiger partial charge in [0.2, 0.25) is 0 Å². The number of rotatable bonds is 2. The lowest BCUT2D eigenvalue weighted by atomic mass is 9.87. The molecule has 2 unspecified atom stereocenters. The lowest BCUT2D eigenvalue weighted by Gasteiger charge is -2.39. The zero-order valence-electron chi connectivity index (χ0n) is 10.8. The summed E-state index contributed by atoms with van der Waals surface area (Å²) in [6.07, 6.45) is 9.60. The van der Waals surface area contributed by atoms with Crippen molar-refractivity contribution in [3.63, 3.8) is 0 Å². The van der Waals surface area contributed by atoms with E-state index in [1.165, 1.54) is 0 Å². The smallest absolute Gasteiger partial charge is 0.165 e. The average molecular weight is 272 g/mol. The molecule has 0 radical (unpaired) electrons. The summed E-state index contributed by atoms with van der Waals surface area (Å²) in [5, 5.41) is 0.140. The largest absolute Gasteiger partial charge is 0.373 e. The first-order chi connectivity index (χ1) is 9.25. The number of fused-ring (bicyclic) bond motifs is 1. The van der Waals surface area contributed by atoms with E-state index < -0.39 is 0 Å². The summed E-state index contributed by atoms with van der Waals surface area (Å²) >= 11 is 1.76. The van der Waals surface area contributed by atoms with Crippen molar-refractivity contribution in [1.29, 1.82) is 0 Å². The first-order valence-corrected chi connectivity index (χ1v) is 7.31. The number of thioether (sulfide) groups is 1. The van der Waals surface area contributed by atoms with E-state index in [2.05, 4.69) is 12.2 Å². The predicted octanol–water partition coefficient (Wildman–Crippen LogP) is 3.64. The van der Waals surface area contributed by atoms with Crippen molar-refractivity contribution in [3.8, 4) is 0 Å². The number of methoxy groups -OCH3 is 1. The summed E-state index contributed by atoms with van der Waals surface area (Å²) in [6.45, 7) is 0. The van der Waals surface area contributed by atoms with Crippen molar-refractivity contribution in [2.24, 2.45) is 0 Å². The summed E-state index contributed by atoms with van der Waals surface area (Å²) in [6, 6.07) is 7.84. The minimum absolute atomic E-state index is 0.140. The Labute approximate surface area is 117 Å². The lowest BCUT2D eigenvalue weighted by molar-refractivity contribution is 0.0294. The van der Waals surface area contributed by atoms with Gasteiger partial charge in [-0.2, -0.15) is 0 Å². The van der Waals surface area contributed by atoms with E-state index in [9.17, 15) is 4.79 Å². The number of hydrogen-bond donors (Lipinski definition) is 0. The molecular weight excluding hydrogens is 256 g/mol. The molecule has 3 rings (SSSR count). The van der Waals surface area contributed by atoms with Crippen LogP contribution in [0.4, 0.5) is 0 Å². The second kappa shape index (κ2) is 4.99. The summed E-state index contributed by atoms with van der Waals surface area (Å²) in [7, 11) is 1.73. The van der Waals surface area contributed by atoms with E-state index in [0.717, 1.165) is 16.9 Å². The molecular formula is C16H16O2S. The molecule has 98 valence electrons. The number of carbonyl (C=O) groups is 1. The second-order valence-electron chi connectivity index (χ2n) is 4.88. The molecule has 0 aromatic heterocycles. The van der Waals surface area contributed by atoms with E-state index in [0.29, 0.717) is 6.42 Å². The molecule has 0 bridgehead atoms. The third kappa shape index (κ3) is 2.17. The Balaban J connectivity index is 1.94. The van der Waals surface area contributed by atoms with Gasteiger partial charge in [0.1, 0.15) is 5.60 Å². The Morgan fingerprint density at radius 3 is 2.89 bits per heavy atom. The highest BCUT2D eigenvalue weighted by Crippen LogP contribution is 2.44. The highest BCUT2D eigenvalue weighted by atomic mass is 32.2. The average Bonchev–Trinajstić information content (AvgIpc) is 2.48. The van der Waals surface area contributed by atoms with Crippen molar-refractivity contribution >= 4 is 17.5 Å². The topological polar surface area (TPSA) is 26.3 Å². The summed E-state index contributed by atoms with van der Waals surface area (Å²) < 4.78 is 5.77. The molecule has 1 heterocycles. The van der Waals surface area contributed by atoms with Gasteiger partial charge in [0.15, 0.2) is 5.78 Å². The summed E-state index contributed by atoms with van der Waals surface area (Å²) in [5.74, 6) is 0.221. The number of Topliss-reactive ketones (excluding diaryl/α,β-unsaturated/α-hetero) is 1. The maximum absolute atomic E-state index is 12.3. The molecule has 19 heavy (non-hydrogen) atoms. The van der Waals surface area contributed by atoms with Crippen LogP contribution >= 0.6 is 11.8 Å². The van der Waals surface area contributed by atoms with E-state index in [4.69, 9.17) is 4.74 Å². The molecule has 0 amide bonds. The normalized spacial score (nSPS) is 29.3. The van der Waals surface area contributed by atoms with Crippen LogP contribution in [0.15, 0.2) is 53.5 Å². The van der Waals surface area contributed by atoms with Gasteiger partial charge in [0.05, 0.1) is 0 Å². The molecule has 0 saturated heterocycles. The minimum Gasteiger partial charge on any atom is -0.373 e. The van der Waals surface area contributed by atoms with Crippen molar-refractivity contribution in [3.05, 3.63) is 54.1 Å². The van der Waals surface area contributed by atoms with Gasteiger partial charge < -0.3 is 4.74 Å². The molecule has 1 aromatic carbocycles. The minimum atomic E-state index is -0.359. The Morgan fingerprint density at radius 1 is 1.32 bits per heavy atom. The van der Waals surface area contributed by atoms with Crippen LogP contribution in [0.25, 0.3) is 0 Å². The molecule has 0 fully saturated rings. The van der Waals surface area contributed by atoms with Gasteiger partial charge in [0, 0.05) is 29.2 Å². The van der Waals surface area contributed by atoms with E-state index >= 15 is 0 Å². The van der Waals surface area contributed by atoms with Gasteiger partial charge in [-0.25, -0.2) is 0 Å². The zero-order chi connectivity index (χ0) is 13.3. The second-order valence-corrected chi connectivity index (χ2v) is 6.12. The number of hydrogen-bond acceptors (Lipinski definition) is 3. The van der Waals surface area contributed by atoms with Crippen molar-refractivity contribution < 1.29 is 9.53 Å². The highest BCUT2D eigenvalue weighted by molar-refractivity contribution is 8.00. The van der Waals surface area contributed by atoms with Gasteiger partial charge in [-0.3, -0.25) is 4.79 Å². The third-order valence-electron chi connectivity index (χ3n) is 3.81. The van der Waals surface area contributed by atoms with Crippen molar-refractivity contribution in [2.75, 3.05) is 7.11 Å². The SMILES string of the molecule is COC1(C2CC(=O)c3ccccc3S2)C=CC=CC1. The highest BCUT2D eigenvalue weighted by Gasteiger charge is 2.41. The van der Waals surface area contributed by atoms with Crippen LogP contribution in [0.3, 0.4) is 0 Å². The van der Waals surface area contributed by atoms with E-state index in [1.807, 2.05) is 36.4 Å². The van der Waals surface area contributed by atoms with Crippen LogP contribution in [0, 0.1) is 0 Å². The molecule has 1 aliphatic carbocycles. The van der Waals surface area contributed by atoms with Gasteiger partial charge >= 0.3 is 0 Å². The number of carbonyl (C=O) groups excluding carboxylic acids is 1. The van der Waals surface area contributed by atoms with Crippen LogP contribution in [-0.2, 0) is 4.74 Å². The lowest BCUT2D eigenvalue weighted by Crippen LogP contribution is -2.43. The molecule has 0 spiro atoms.